The number of benzene rings is 1. The van der Waals surface area contributed by atoms with Gasteiger partial charge in [0.25, 0.3) is 0 Å². The van der Waals surface area contributed by atoms with Gasteiger partial charge in [0, 0.05) is 50.2 Å². The van der Waals surface area contributed by atoms with Gasteiger partial charge in [0.05, 0.1) is 5.69 Å². The van der Waals surface area contributed by atoms with E-state index in [1.54, 1.807) is 0 Å². The lowest BCUT2D eigenvalue weighted by molar-refractivity contribution is -0.132. The van der Waals surface area contributed by atoms with Crippen molar-refractivity contribution in [3.63, 3.8) is 0 Å². The Balaban J connectivity index is 1.37. The van der Waals surface area contributed by atoms with Gasteiger partial charge in [-0.3, -0.25) is 4.79 Å². The Morgan fingerprint density at radius 3 is 2.96 bits per heavy atom. The highest BCUT2D eigenvalue weighted by Crippen LogP contribution is 2.23. The van der Waals surface area contributed by atoms with Crippen LogP contribution in [0.2, 0.25) is 0 Å². The topological polar surface area (TPSA) is 58.1 Å². The zero-order valence-electron chi connectivity index (χ0n) is 15.2. The molecule has 1 fully saturated rings. The number of piperidine rings is 1. The van der Waals surface area contributed by atoms with Gasteiger partial charge in [-0.15, -0.1) is 0 Å². The molecule has 3 heterocycles. The molecule has 0 aliphatic carbocycles. The highest BCUT2D eigenvalue weighted by Gasteiger charge is 2.24. The number of amides is 1. The maximum Gasteiger partial charge on any atom is 0.223 e. The Hall–Kier alpha value is -2.27. The zero-order chi connectivity index (χ0) is 17.8. The predicted molar refractivity (Wildman–Crippen MR) is 101 cm³/mol. The number of carbonyl (C=O) groups excluding carboxylic acids is 1. The van der Waals surface area contributed by atoms with E-state index in [0.717, 1.165) is 56.0 Å². The van der Waals surface area contributed by atoms with Crippen LogP contribution in [-0.4, -0.2) is 40.4 Å². The van der Waals surface area contributed by atoms with Crippen LogP contribution in [-0.2, 0) is 24.2 Å². The van der Waals surface area contributed by atoms with E-state index in [-0.39, 0.29) is 5.91 Å². The van der Waals surface area contributed by atoms with Crippen molar-refractivity contribution in [1.29, 1.82) is 0 Å². The Kier molecular flexibility index (Phi) is 5.25. The van der Waals surface area contributed by atoms with Crippen molar-refractivity contribution >= 4 is 5.91 Å². The lowest BCUT2D eigenvalue weighted by Crippen LogP contribution is -2.37. The van der Waals surface area contributed by atoms with E-state index < -0.39 is 0 Å². The van der Waals surface area contributed by atoms with Crippen LogP contribution in [0.5, 0.6) is 0 Å². The minimum absolute atomic E-state index is 0.222. The fourth-order valence-corrected chi connectivity index (χ4v) is 3.87. The molecule has 4 rings (SSSR count). The number of rotatable bonds is 4. The number of carbonyl (C=O) groups is 1. The molecule has 1 N–H and O–H groups in total. The summed E-state index contributed by atoms with van der Waals surface area (Å²) in [7, 11) is 0. The average Bonchev–Trinajstić information content (AvgIpc) is 2.72. The molecule has 0 unspecified atom stereocenters. The van der Waals surface area contributed by atoms with E-state index in [0.29, 0.717) is 18.9 Å². The van der Waals surface area contributed by atoms with E-state index in [9.17, 15) is 4.79 Å². The van der Waals surface area contributed by atoms with Crippen LogP contribution < -0.4 is 5.32 Å². The van der Waals surface area contributed by atoms with Crippen LogP contribution in [0.4, 0.5) is 0 Å². The van der Waals surface area contributed by atoms with Crippen molar-refractivity contribution in [3.8, 4) is 0 Å². The summed E-state index contributed by atoms with van der Waals surface area (Å²) in [5.74, 6) is 1.62. The van der Waals surface area contributed by atoms with Crippen LogP contribution in [0.25, 0.3) is 0 Å². The second kappa shape index (κ2) is 7.96. The lowest BCUT2D eigenvalue weighted by atomic mass is 9.98. The monoisotopic (exact) mass is 350 g/mol. The van der Waals surface area contributed by atoms with Gasteiger partial charge in [-0.1, -0.05) is 30.3 Å². The van der Waals surface area contributed by atoms with E-state index in [1.807, 2.05) is 29.3 Å². The van der Waals surface area contributed by atoms with Gasteiger partial charge in [-0.2, -0.15) is 0 Å². The lowest BCUT2D eigenvalue weighted by Gasteiger charge is -2.29. The van der Waals surface area contributed by atoms with Crippen molar-refractivity contribution in [2.45, 2.75) is 44.6 Å². The summed E-state index contributed by atoms with van der Waals surface area (Å²) in [5.41, 5.74) is 3.46. The Labute approximate surface area is 154 Å². The van der Waals surface area contributed by atoms with Gasteiger partial charge in [-0.05, 0) is 31.4 Å². The van der Waals surface area contributed by atoms with Crippen molar-refractivity contribution in [3.05, 3.63) is 59.2 Å². The second-order valence-corrected chi connectivity index (χ2v) is 7.29. The van der Waals surface area contributed by atoms with Crippen molar-refractivity contribution < 1.29 is 4.79 Å². The molecular formula is C21H26N4O. The molecule has 1 aromatic carbocycles. The van der Waals surface area contributed by atoms with Gasteiger partial charge in [0.15, 0.2) is 0 Å². The standard InChI is InChI=1S/C21H26N4O/c26-20(9-8-16-5-2-1-3-6-16)25-12-10-19-18(15-25)14-23-21(24-19)17-7-4-11-22-13-17/h1-3,5-6,14,17,22H,4,7-13,15H2/t17-/m1/s1. The summed E-state index contributed by atoms with van der Waals surface area (Å²) >= 11 is 0. The zero-order valence-corrected chi connectivity index (χ0v) is 15.2. The van der Waals surface area contributed by atoms with Crippen LogP contribution in [0.1, 0.15) is 47.8 Å². The van der Waals surface area contributed by atoms with E-state index in [2.05, 4.69) is 22.4 Å². The molecule has 2 aromatic rings. The van der Waals surface area contributed by atoms with Gasteiger partial charge >= 0.3 is 0 Å². The van der Waals surface area contributed by atoms with Gasteiger partial charge in [-0.25, -0.2) is 9.97 Å². The minimum atomic E-state index is 0.222. The highest BCUT2D eigenvalue weighted by atomic mass is 16.2. The minimum Gasteiger partial charge on any atom is -0.338 e. The van der Waals surface area contributed by atoms with Gasteiger partial charge in [0.2, 0.25) is 5.91 Å². The van der Waals surface area contributed by atoms with Crippen LogP contribution in [0.3, 0.4) is 0 Å². The quantitative estimate of drug-likeness (QED) is 0.920. The Bertz CT molecular complexity index is 756. The molecule has 5 heteroatoms. The molecule has 0 radical (unpaired) electrons. The van der Waals surface area contributed by atoms with Crippen molar-refractivity contribution in [2.24, 2.45) is 0 Å². The average molecular weight is 350 g/mol. The third-order valence-corrected chi connectivity index (χ3v) is 5.44. The number of nitrogens with one attached hydrogen (secondary N) is 1. The van der Waals surface area contributed by atoms with Gasteiger partial charge < -0.3 is 10.2 Å². The van der Waals surface area contributed by atoms with Crippen molar-refractivity contribution in [2.75, 3.05) is 19.6 Å². The largest absolute Gasteiger partial charge is 0.338 e. The number of hydrogen-bond acceptors (Lipinski definition) is 4. The molecule has 1 atom stereocenters. The summed E-state index contributed by atoms with van der Waals surface area (Å²) in [6, 6.07) is 10.2. The third kappa shape index (κ3) is 3.93. The maximum atomic E-state index is 12.6. The summed E-state index contributed by atoms with van der Waals surface area (Å²) in [6.45, 7) is 3.48. The first-order valence-corrected chi connectivity index (χ1v) is 9.67. The van der Waals surface area contributed by atoms with Crippen LogP contribution in [0, 0.1) is 0 Å². The molecule has 0 spiro atoms. The SMILES string of the molecule is O=C(CCc1ccccc1)N1CCc2nc([C@@H]3CCCNC3)ncc2C1. The van der Waals surface area contributed by atoms with Crippen molar-refractivity contribution in [1.82, 2.24) is 20.2 Å². The summed E-state index contributed by atoms with van der Waals surface area (Å²) in [5, 5.41) is 3.43. The van der Waals surface area contributed by atoms with E-state index in [1.165, 1.54) is 12.0 Å². The predicted octanol–water partition coefficient (Wildman–Crippen LogP) is 2.46. The summed E-state index contributed by atoms with van der Waals surface area (Å²) < 4.78 is 0. The molecule has 1 saturated heterocycles. The third-order valence-electron chi connectivity index (χ3n) is 5.44. The molecule has 1 amide bonds. The number of nitrogens with zero attached hydrogens (tertiary/aromatic N) is 3. The Morgan fingerprint density at radius 1 is 1.27 bits per heavy atom. The fourth-order valence-electron chi connectivity index (χ4n) is 3.87. The van der Waals surface area contributed by atoms with E-state index >= 15 is 0 Å². The molecular weight excluding hydrogens is 324 g/mol. The smallest absolute Gasteiger partial charge is 0.223 e. The molecule has 1 aromatic heterocycles. The molecule has 136 valence electrons. The first-order chi connectivity index (χ1) is 12.8. The first-order valence-electron chi connectivity index (χ1n) is 9.67. The van der Waals surface area contributed by atoms with Gasteiger partial charge in [0.1, 0.15) is 5.82 Å². The number of aromatic nitrogens is 2. The summed E-state index contributed by atoms with van der Waals surface area (Å²) in [6.07, 6.45) is 6.49. The number of fused-ring (bicyclic) bond motifs is 1. The Morgan fingerprint density at radius 2 is 2.15 bits per heavy atom. The maximum absolute atomic E-state index is 12.6. The van der Waals surface area contributed by atoms with Crippen LogP contribution >= 0.6 is 0 Å². The fraction of sp³-hybridized carbons (Fsp3) is 0.476. The van der Waals surface area contributed by atoms with E-state index in [4.69, 9.17) is 4.98 Å². The first kappa shape index (κ1) is 17.2. The molecule has 0 bridgehead atoms. The number of hydrogen-bond donors (Lipinski definition) is 1. The highest BCUT2D eigenvalue weighted by molar-refractivity contribution is 5.76. The second-order valence-electron chi connectivity index (χ2n) is 7.29. The number of aryl methyl sites for hydroxylation is 1. The van der Waals surface area contributed by atoms with Crippen LogP contribution in [0.15, 0.2) is 36.5 Å². The molecule has 2 aliphatic heterocycles. The molecule has 26 heavy (non-hydrogen) atoms. The summed E-state index contributed by atoms with van der Waals surface area (Å²) in [4.78, 5) is 24.0. The normalized spacial score (nSPS) is 19.8. The molecule has 0 saturated carbocycles. The molecule has 5 nitrogen and oxygen atoms in total. The molecule has 2 aliphatic rings.